The monoisotopic (exact) mass is 455 g/mol. The third-order valence-electron chi connectivity index (χ3n) is 4.56. The maximum Gasteiger partial charge on any atom is 0.328 e. The highest BCUT2D eigenvalue weighted by Gasteiger charge is 2.07. The molecule has 174 valence electrons. The Morgan fingerprint density at radius 2 is 1.52 bits per heavy atom. The van der Waals surface area contributed by atoms with Crippen molar-refractivity contribution in [2.75, 3.05) is 17.7 Å². The number of para-hydroxylation sites is 2. The molecule has 0 radical (unpaired) electrons. The van der Waals surface area contributed by atoms with Gasteiger partial charge in [0.25, 0.3) is 10.1 Å². The molecule has 9 heteroatoms. The van der Waals surface area contributed by atoms with E-state index in [2.05, 4.69) is 5.32 Å². The lowest BCUT2D eigenvalue weighted by atomic mass is 10.1. The largest absolute Gasteiger partial charge is 0.487 e. The number of ether oxygens (including phenoxy) is 1. The van der Waals surface area contributed by atoms with Crippen molar-refractivity contribution in [1.29, 1.82) is 0 Å². The van der Waals surface area contributed by atoms with Crippen LogP contribution in [-0.2, 0) is 19.7 Å². The molecule has 1 aromatic rings. The van der Waals surface area contributed by atoms with E-state index in [1.165, 1.54) is 6.08 Å². The first kappa shape index (κ1) is 26.6. The summed E-state index contributed by atoms with van der Waals surface area (Å²) < 4.78 is 35.4. The van der Waals surface area contributed by atoms with Crippen LogP contribution >= 0.6 is 0 Å². The third kappa shape index (κ3) is 15.1. The summed E-state index contributed by atoms with van der Waals surface area (Å²) in [6, 6.07) is 7.02. The molecule has 0 spiro atoms. The van der Waals surface area contributed by atoms with Crippen molar-refractivity contribution in [3.63, 3.8) is 0 Å². The van der Waals surface area contributed by atoms with Crippen LogP contribution in [-0.4, -0.2) is 42.3 Å². The van der Waals surface area contributed by atoms with Crippen molar-refractivity contribution in [3.8, 4) is 5.75 Å². The van der Waals surface area contributed by atoms with Crippen molar-refractivity contribution in [3.05, 3.63) is 36.4 Å². The van der Waals surface area contributed by atoms with Gasteiger partial charge in [-0.05, 0) is 31.1 Å². The molecule has 3 N–H and O–H groups in total. The van der Waals surface area contributed by atoms with Crippen LogP contribution in [0.1, 0.15) is 64.2 Å². The molecule has 0 fully saturated rings. The minimum Gasteiger partial charge on any atom is -0.487 e. The zero-order valence-corrected chi connectivity index (χ0v) is 18.6. The van der Waals surface area contributed by atoms with Crippen LogP contribution in [0.15, 0.2) is 36.4 Å². The summed E-state index contributed by atoms with van der Waals surface area (Å²) in [4.78, 5) is 22.6. The Hall–Kier alpha value is -2.39. The van der Waals surface area contributed by atoms with E-state index in [0.29, 0.717) is 24.3 Å². The van der Waals surface area contributed by atoms with E-state index in [-0.39, 0.29) is 18.3 Å². The molecule has 0 saturated heterocycles. The van der Waals surface area contributed by atoms with Crippen molar-refractivity contribution in [1.82, 2.24) is 0 Å². The second-order valence-corrected chi connectivity index (χ2v) is 8.89. The average molecular weight is 456 g/mol. The number of unbranched alkanes of at least 4 members (excludes halogenated alkanes) is 8. The van der Waals surface area contributed by atoms with Crippen LogP contribution in [0, 0.1) is 0 Å². The molecule has 0 heterocycles. The first-order chi connectivity index (χ1) is 14.8. The van der Waals surface area contributed by atoms with E-state index in [1.807, 2.05) is 0 Å². The number of hydrogen-bond donors (Lipinski definition) is 3. The molecule has 0 aliphatic carbocycles. The molecule has 31 heavy (non-hydrogen) atoms. The van der Waals surface area contributed by atoms with Crippen molar-refractivity contribution in [2.45, 2.75) is 64.2 Å². The van der Waals surface area contributed by atoms with Crippen LogP contribution in [0.2, 0.25) is 0 Å². The molecule has 1 rings (SSSR count). The highest BCUT2D eigenvalue weighted by atomic mass is 32.2. The molecular weight excluding hydrogens is 422 g/mol. The summed E-state index contributed by atoms with van der Waals surface area (Å²) >= 11 is 0. The van der Waals surface area contributed by atoms with Gasteiger partial charge >= 0.3 is 5.97 Å². The van der Waals surface area contributed by atoms with Gasteiger partial charge in [-0.2, -0.15) is 8.42 Å². The smallest absolute Gasteiger partial charge is 0.328 e. The Bertz CT molecular complexity index is 806. The van der Waals surface area contributed by atoms with Gasteiger partial charge in [-0.15, -0.1) is 0 Å². The normalized spacial score (nSPS) is 11.5. The zero-order chi connectivity index (χ0) is 23.0. The van der Waals surface area contributed by atoms with Gasteiger partial charge in [-0.1, -0.05) is 57.1 Å². The van der Waals surface area contributed by atoms with Gasteiger partial charge in [0.2, 0.25) is 5.91 Å². The van der Waals surface area contributed by atoms with Crippen LogP contribution in [0.5, 0.6) is 5.75 Å². The number of nitrogens with one attached hydrogen (secondary N) is 1. The number of rotatable bonds is 17. The lowest BCUT2D eigenvalue weighted by Gasteiger charge is -2.11. The summed E-state index contributed by atoms with van der Waals surface area (Å²) in [5.41, 5.74) is 0.560. The number of carboxylic acids is 1. The molecule has 0 aliphatic rings. The lowest BCUT2D eigenvalue weighted by Crippen LogP contribution is -2.12. The number of carboxylic acid groups (broad SMARTS) is 1. The predicted octanol–water partition coefficient (Wildman–Crippen LogP) is 4.43. The fraction of sp³-hybridized carbons (Fsp3) is 0.545. The van der Waals surface area contributed by atoms with E-state index in [4.69, 9.17) is 14.4 Å². The fourth-order valence-electron chi connectivity index (χ4n) is 3.00. The minimum atomic E-state index is -3.83. The molecule has 0 saturated carbocycles. The van der Waals surface area contributed by atoms with Gasteiger partial charge in [0.15, 0.2) is 0 Å². The summed E-state index contributed by atoms with van der Waals surface area (Å²) in [6.07, 6.45) is 11.1. The fourth-order valence-corrected chi connectivity index (χ4v) is 3.57. The quantitative estimate of drug-likeness (QED) is 0.180. The predicted molar refractivity (Wildman–Crippen MR) is 120 cm³/mol. The Morgan fingerprint density at radius 1 is 0.935 bits per heavy atom. The van der Waals surface area contributed by atoms with E-state index in [9.17, 15) is 18.0 Å². The first-order valence-electron chi connectivity index (χ1n) is 10.6. The molecule has 0 aliphatic heterocycles. The lowest BCUT2D eigenvalue weighted by molar-refractivity contribution is -0.131. The molecule has 0 aromatic heterocycles. The molecule has 0 bridgehead atoms. The highest BCUT2D eigenvalue weighted by Crippen LogP contribution is 2.24. The Morgan fingerprint density at radius 3 is 2.13 bits per heavy atom. The molecule has 1 aromatic carbocycles. The third-order valence-corrected chi connectivity index (χ3v) is 5.37. The van der Waals surface area contributed by atoms with Gasteiger partial charge in [-0.25, -0.2) is 4.79 Å². The van der Waals surface area contributed by atoms with Crippen LogP contribution in [0.25, 0.3) is 0 Å². The second kappa shape index (κ2) is 15.4. The number of benzene rings is 1. The Kier molecular flexibility index (Phi) is 13.3. The highest BCUT2D eigenvalue weighted by molar-refractivity contribution is 7.85. The van der Waals surface area contributed by atoms with Gasteiger partial charge in [0, 0.05) is 12.5 Å². The molecule has 0 atom stereocenters. The van der Waals surface area contributed by atoms with Crippen molar-refractivity contribution >= 4 is 27.7 Å². The average Bonchev–Trinajstić information content (AvgIpc) is 2.69. The van der Waals surface area contributed by atoms with E-state index in [0.717, 1.165) is 57.4 Å². The summed E-state index contributed by atoms with van der Waals surface area (Å²) in [5, 5.41) is 11.4. The van der Waals surface area contributed by atoms with Gasteiger partial charge in [0.05, 0.1) is 11.4 Å². The van der Waals surface area contributed by atoms with Crippen molar-refractivity contribution in [2.24, 2.45) is 0 Å². The first-order valence-corrected chi connectivity index (χ1v) is 12.2. The standard InChI is InChI=1S/C22H33NO7S/c24-21(15-8-6-4-2-1-3-5-7-11-18-31(27,28)29)23-19-13-9-10-14-20(19)30-17-12-16-22(25)26/h9-10,12-14,16H,1-8,11,15,17-18H2,(H,23,24)(H,25,26)(H,27,28,29). The minimum absolute atomic E-state index is 0.0871. The van der Waals surface area contributed by atoms with Crippen LogP contribution in [0.4, 0.5) is 5.69 Å². The Balaban J connectivity index is 2.12. The van der Waals surface area contributed by atoms with Crippen LogP contribution < -0.4 is 10.1 Å². The van der Waals surface area contributed by atoms with E-state index >= 15 is 0 Å². The number of carbonyl (C=O) groups is 2. The molecule has 1 amide bonds. The summed E-state index contributed by atoms with van der Waals surface area (Å²) in [6.45, 7) is 0.0969. The zero-order valence-electron chi connectivity index (χ0n) is 17.8. The number of anilines is 1. The number of hydrogen-bond acceptors (Lipinski definition) is 5. The maximum absolute atomic E-state index is 12.2. The van der Waals surface area contributed by atoms with Gasteiger partial charge in [-0.3, -0.25) is 9.35 Å². The van der Waals surface area contributed by atoms with Crippen molar-refractivity contribution < 1.29 is 32.4 Å². The van der Waals surface area contributed by atoms with E-state index < -0.39 is 16.1 Å². The van der Waals surface area contributed by atoms with Crippen LogP contribution in [0.3, 0.4) is 0 Å². The number of amides is 1. The summed E-state index contributed by atoms with van der Waals surface area (Å²) in [5.74, 6) is -0.799. The molecule has 8 nitrogen and oxygen atoms in total. The SMILES string of the molecule is O=C(O)C=CCOc1ccccc1NC(=O)CCCCCCCCCCCS(=O)(=O)O. The molecule has 0 unspecified atom stereocenters. The summed E-state index contributed by atoms with van der Waals surface area (Å²) in [7, 11) is -3.83. The maximum atomic E-state index is 12.2. The number of aliphatic carboxylic acids is 1. The molecular formula is C22H33NO7S. The second-order valence-electron chi connectivity index (χ2n) is 7.31. The van der Waals surface area contributed by atoms with Gasteiger partial charge < -0.3 is 15.2 Å². The van der Waals surface area contributed by atoms with E-state index in [1.54, 1.807) is 24.3 Å². The number of carbonyl (C=O) groups excluding carboxylic acids is 1. The Labute approximate surface area is 184 Å². The van der Waals surface area contributed by atoms with Gasteiger partial charge in [0.1, 0.15) is 12.4 Å². The topological polar surface area (TPSA) is 130 Å².